The lowest BCUT2D eigenvalue weighted by Crippen LogP contribution is -2.17. The van der Waals surface area contributed by atoms with Gasteiger partial charge in [-0.3, -0.25) is 4.90 Å². The van der Waals surface area contributed by atoms with Crippen LogP contribution >= 0.6 is 0 Å². The van der Waals surface area contributed by atoms with Gasteiger partial charge in [0.25, 0.3) is 0 Å². The molecule has 0 radical (unpaired) electrons. The average molecular weight is 708 g/mol. The highest BCUT2D eigenvalue weighted by atomic mass is 16.3. The van der Waals surface area contributed by atoms with Gasteiger partial charge in [0.1, 0.15) is 34.0 Å². The average Bonchev–Trinajstić information content (AvgIpc) is 3.73. The second kappa shape index (κ2) is 12.3. The zero-order valence-electron chi connectivity index (χ0n) is 31.3. The second-order valence-electron chi connectivity index (χ2n) is 16.1. The molecular weight excluding hydrogens is 667 g/mol. The summed E-state index contributed by atoms with van der Waals surface area (Å²) in [7, 11) is 0. The summed E-state index contributed by atoms with van der Waals surface area (Å²) in [5.41, 5.74) is 8.93. The van der Waals surface area contributed by atoms with Crippen molar-refractivity contribution in [3.05, 3.63) is 145 Å². The molecule has 9 aromatic rings. The van der Waals surface area contributed by atoms with E-state index in [2.05, 4.69) is 101 Å². The molecule has 0 fully saturated rings. The van der Waals surface area contributed by atoms with Crippen LogP contribution < -0.4 is 4.90 Å². The molecule has 0 amide bonds. The van der Waals surface area contributed by atoms with Crippen LogP contribution in [-0.4, -0.2) is 15.1 Å². The molecule has 1 N–H and O–H groups in total. The maximum Gasteiger partial charge on any atom is 0.161 e. The van der Waals surface area contributed by atoms with Gasteiger partial charge in [-0.1, -0.05) is 108 Å². The van der Waals surface area contributed by atoms with Crippen molar-refractivity contribution in [2.45, 2.75) is 52.4 Å². The summed E-state index contributed by atoms with van der Waals surface area (Å²) in [4.78, 5) is 12.4. The summed E-state index contributed by atoms with van der Waals surface area (Å²) in [5.74, 6) is 0.986. The van der Waals surface area contributed by atoms with Gasteiger partial charge < -0.3 is 13.9 Å². The van der Waals surface area contributed by atoms with Crippen LogP contribution in [0.3, 0.4) is 0 Å². The molecule has 0 atom stereocenters. The van der Waals surface area contributed by atoms with Crippen molar-refractivity contribution >= 4 is 61.1 Å². The first-order valence-corrected chi connectivity index (χ1v) is 18.4. The van der Waals surface area contributed by atoms with Crippen LogP contribution in [0.4, 0.5) is 17.2 Å². The molecule has 4 heterocycles. The monoisotopic (exact) mass is 707 g/mol. The van der Waals surface area contributed by atoms with E-state index in [1.807, 2.05) is 79.0 Å². The Morgan fingerprint density at radius 2 is 1.19 bits per heavy atom. The van der Waals surface area contributed by atoms with E-state index in [1.54, 1.807) is 0 Å². The van der Waals surface area contributed by atoms with Crippen LogP contribution in [0.2, 0.25) is 0 Å². The van der Waals surface area contributed by atoms with Gasteiger partial charge >= 0.3 is 0 Å². The van der Waals surface area contributed by atoms with Crippen LogP contribution in [0, 0.1) is 0 Å². The fourth-order valence-corrected chi connectivity index (χ4v) is 7.47. The number of hydrogen-bond donors (Lipinski definition) is 1. The van der Waals surface area contributed by atoms with Crippen molar-refractivity contribution < 1.29 is 13.9 Å². The lowest BCUT2D eigenvalue weighted by atomic mass is 9.78. The Morgan fingerprint density at radius 1 is 0.556 bits per heavy atom. The smallest absolute Gasteiger partial charge is 0.161 e. The van der Waals surface area contributed by atoms with Gasteiger partial charge in [0.2, 0.25) is 0 Å². The number of fused-ring (bicyclic) bond motifs is 6. The van der Waals surface area contributed by atoms with Gasteiger partial charge in [0.05, 0.1) is 5.69 Å². The number of hydrogen-bond acceptors (Lipinski definition) is 6. The molecule has 0 unspecified atom stereocenters. The van der Waals surface area contributed by atoms with Crippen molar-refractivity contribution in [3.8, 4) is 28.3 Å². The van der Waals surface area contributed by atoms with Crippen LogP contribution in [0.25, 0.3) is 66.4 Å². The molecule has 6 nitrogen and oxygen atoms in total. The predicted octanol–water partition coefficient (Wildman–Crippen LogP) is 13.4. The summed E-state index contributed by atoms with van der Waals surface area (Å²) >= 11 is 0. The van der Waals surface area contributed by atoms with E-state index >= 15 is 0 Å². The van der Waals surface area contributed by atoms with Gasteiger partial charge in [-0.25, -0.2) is 9.97 Å². The third kappa shape index (κ3) is 5.57. The van der Waals surface area contributed by atoms with Gasteiger partial charge in [-0.05, 0) is 77.1 Å². The minimum Gasteiger partial charge on any atom is -0.507 e. The lowest BCUT2D eigenvalue weighted by molar-refractivity contribution is 0.446. The minimum absolute atomic E-state index is 0.186. The summed E-state index contributed by atoms with van der Waals surface area (Å²) in [6.45, 7) is 13.0. The minimum atomic E-state index is -0.328. The molecule has 0 bridgehead atoms. The van der Waals surface area contributed by atoms with Crippen molar-refractivity contribution in [2.75, 3.05) is 4.90 Å². The third-order valence-corrected chi connectivity index (χ3v) is 10.3. The maximum atomic E-state index is 12.2. The molecular formula is C48H41N3O3. The Hall–Kier alpha value is -6.40. The van der Waals surface area contributed by atoms with E-state index in [9.17, 15) is 5.11 Å². The zero-order valence-corrected chi connectivity index (χ0v) is 31.3. The van der Waals surface area contributed by atoms with E-state index in [1.165, 1.54) is 0 Å². The van der Waals surface area contributed by atoms with Crippen LogP contribution in [-0.2, 0) is 10.8 Å². The summed E-state index contributed by atoms with van der Waals surface area (Å²) in [6, 6.07) is 43.0. The van der Waals surface area contributed by atoms with E-state index in [0.717, 1.165) is 72.2 Å². The van der Waals surface area contributed by atoms with Gasteiger partial charge in [0.15, 0.2) is 5.58 Å². The number of anilines is 3. The van der Waals surface area contributed by atoms with Crippen LogP contribution in [0.5, 0.6) is 5.75 Å². The molecule has 266 valence electrons. The first kappa shape index (κ1) is 33.4. The Morgan fingerprint density at radius 3 is 1.83 bits per heavy atom. The van der Waals surface area contributed by atoms with Crippen molar-refractivity contribution in [2.24, 2.45) is 0 Å². The summed E-state index contributed by atoms with van der Waals surface area (Å²) in [5, 5.41) is 16.0. The SMILES string of the molecule is CC(C)(C)c1cc(-c2nc(-c3cc(N(c4ccccc4)c4ccccn4)cc4c3oc3ccccc34)cc3c2oc2ccccc23)c(O)c(C(C)(C)C)c1. The Labute approximate surface area is 314 Å². The highest BCUT2D eigenvalue weighted by Crippen LogP contribution is 2.48. The maximum absolute atomic E-state index is 12.2. The van der Waals surface area contributed by atoms with E-state index in [-0.39, 0.29) is 16.6 Å². The number of para-hydroxylation sites is 3. The number of phenols is 1. The first-order chi connectivity index (χ1) is 26.0. The normalized spacial score (nSPS) is 12.3. The molecule has 0 spiro atoms. The lowest BCUT2D eigenvalue weighted by Gasteiger charge is -2.27. The van der Waals surface area contributed by atoms with Gasteiger partial charge in [-0.15, -0.1) is 0 Å². The number of pyridine rings is 2. The highest BCUT2D eigenvalue weighted by molar-refractivity contribution is 6.14. The van der Waals surface area contributed by atoms with Crippen LogP contribution in [0.1, 0.15) is 52.7 Å². The molecule has 0 saturated carbocycles. The number of aromatic hydroxyl groups is 1. The quantitative estimate of drug-likeness (QED) is 0.192. The number of furan rings is 2. The standard InChI is InChI=1S/C48H41N3O3/c1-47(2,3)29-24-37(44(52)38(25-29)48(4,5)6)43-46-35(33-19-11-13-21-41(33)54-46)28-39(50-43)36-27-31(26-34-32-18-10-12-20-40(32)53-45(34)36)51(30-16-8-7-9-17-30)42-22-14-15-23-49-42/h7-28,52H,1-6H3. The fraction of sp³-hybridized carbons (Fsp3) is 0.167. The number of phenolic OH excluding ortho intramolecular Hbond substituents is 1. The summed E-state index contributed by atoms with van der Waals surface area (Å²) < 4.78 is 13.3. The van der Waals surface area contributed by atoms with Crippen molar-refractivity contribution in [1.29, 1.82) is 0 Å². The first-order valence-electron chi connectivity index (χ1n) is 18.4. The predicted molar refractivity (Wildman–Crippen MR) is 221 cm³/mol. The fourth-order valence-electron chi connectivity index (χ4n) is 7.47. The zero-order chi connectivity index (χ0) is 37.4. The molecule has 4 aromatic heterocycles. The molecule has 0 aliphatic heterocycles. The molecule has 9 rings (SSSR count). The molecule has 0 aliphatic carbocycles. The number of benzene rings is 5. The third-order valence-electron chi connectivity index (χ3n) is 10.3. The van der Waals surface area contributed by atoms with E-state index in [4.69, 9.17) is 18.8 Å². The van der Waals surface area contributed by atoms with E-state index in [0.29, 0.717) is 22.5 Å². The molecule has 6 heteroatoms. The Kier molecular flexibility index (Phi) is 7.64. The number of aromatic nitrogens is 2. The largest absolute Gasteiger partial charge is 0.507 e. The topological polar surface area (TPSA) is 75.5 Å². The second-order valence-corrected chi connectivity index (χ2v) is 16.1. The van der Waals surface area contributed by atoms with Gasteiger partial charge in [-0.2, -0.15) is 0 Å². The number of nitrogens with zero attached hydrogens (tertiary/aromatic N) is 3. The molecule has 5 aromatic carbocycles. The highest BCUT2D eigenvalue weighted by Gasteiger charge is 2.29. The Bertz CT molecular complexity index is 2820. The molecule has 0 aliphatic rings. The van der Waals surface area contributed by atoms with Gasteiger partial charge in [0, 0.05) is 55.8 Å². The molecule has 54 heavy (non-hydrogen) atoms. The number of rotatable bonds is 5. The van der Waals surface area contributed by atoms with Crippen molar-refractivity contribution in [3.63, 3.8) is 0 Å². The Balaban J connectivity index is 1.41. The molecule has 0 saturated heterocycles. The summed E-state index contributed by atoms with van der Waals surface area (Å²) in [6.07, 6.45) is 1.81. The van der Waals surface area contributed by atoms with Crippen LogP contribution in [0.15, 0.2) is 142 Å². The van der Waals surface area contributed by atoms with E-state index < -0.39 is 0 Å². The van der Waals surface area contributed by atoms with Crippen molar-refractivity contribution in [1.82, 2.24) is 9.97 Å².